The number of hydrogen-bond acceptors (Lipinski definition) is 5. The number of benzene rings is 1. The van der Waals surface area contributed by atoms with Crippen LogP contribution in [0.4, 0.5) is 5.69 Å². The van der Waals surface area contributed by atoms with E-state index in [0.29, 0.717) is 18.0 Å². The average Bonchev–Trinajstić information content (AvgIpc) is 2.81. The van der Waals surface area contributed by atoms with Crippen molar-refractivity contribution in [1.82, 2.24) is 5.43 Å². The van der Waals surface area contributed by atoms with E-state index in [4.69, 9.17) is 9.84 Å². The third-order valence-corrected chi connectivity index (χ3v) is 2.19. The highest BCUT2D eigenvalue weighted by Gasteiger charge is 2.18. The molecule has 0 bridgehead atoms. The molecule has 16 heavy (non-hydrogen) atoms. The lowest BCUT2D eigenvalue weighted by atomic mass is 10.1. The number of nitrogens with one attached hydrogen (secondary N) is 1. The fourth-order valence-corrected chi connectivity index (χ4v) is 1.43. The van der Waals surface area contributed by atoms with Crippen molar-refractivity contribution in [1.29, 1.82) is 0 Å². The number of hydrazone groups is 1. The topological polar surface area (TPSA) is 74.2 Å². The molecule has 0 spiro atoms. The van der Waals surface area contributed by atoms with Crippen molar-refractivity contribution in [2.45, 2.75) is 0 Å². The average molecular weight is 221 g/mol. The second-order valence-corrected chi connectivity index (χ2v) is 3.16. The van der Waals surface area contributed by atoms with Gasteiger partial charge in [-0.05, 0) is 12.1 Å². The lowest BCUT2D eigenvalue weighted by Gasteiger charge is -2.17. The molecule has 0 saturated carbocycles. The van der Waals surface area contributed by atoms with Crippen molar-refractivity contribution in [3.05, 3.63) is 23.8 Å². The van der Waals surface area contributed by atoms with Gasteiger partial charge in [-0.3, -0.25) is 0 Å². The molecule has 84 valence electrons. The Morgan fingerprint density at radius 1 is 1.62 bits per heavy atom. The van der Waals surface area contributed by atoms with E-state index >= 15 is 0 Å². The predicted molar refractivity (Wildman–Crippen MR) is 58.9 cm³/mol. The molecule has 1 heterocycles. The largest absolute Gasteiger partial charge is 0.497 e. The lowest BCUT2D eigenvalue weighted by molar-refractivity contribution is 0.0697. The van der Waals surface area contributed by atoms with E-state index in [9.17, 15) is 4.79 Å². The third-order valence-electron chi connectivity index (χ3n) is 2.19. The van der Waals surface area contributed by atoms with Crippen LogP contribution in [-0.2, 0) is 0 Å². The zero-order valence-electron chi connectivity index (χ0n) is 8.67. The molecule has 1 aliphatic heterocycles. The molecule has 0 saturated heterocycles. The summed E-state index contributed by atoms with van der Waals surface area (Å²) >= 11 is 0. The minimum absolute atomic E-state index is 0.173. The number of aromatic carboxylic acids is 1. The Morgan fingerprint density at radius 2 is 2.44 bits per heavy atom. The first-order chi connectivity index (χ1) is 7.72. The van der Waals surface area contributed by atoms with Crippen LogP contribution < -0.4 is 15.3 Å². The first-order valence-corrected chi connectivity index (χ1v) is 4.70. The molecule has 0 radical (unpaired) electrons. The zero-order valence-corrected chi connectivity index (χ0v) is 8.67. The van der Waals surface area contributed by atoms with E-state index in [0.717, 1.165) is 0 Å². The van der Waals surface area contributed by atoms with Gasteiger partial charge in [-0.1, -0.05) is 0 Å². The van der Waals surface area contributed by atoms with Crippen molar-refractivity contribution >= 4 is 17.9 Å². The maximum atomic E-state index is 11.0. The van der Waals surface area contributed by atoms with Gasteiger partial charge in [-0.25, -0.2) is 10.2 Å². The summed E-state index contributed by atoms with van der Waals surface area (Å²) in [6.45, 7) is 0.580. The predicted octanol–water partition coefficient (Wildman–Crippen LogP) is 0.704. The number of hydrogen-bond donors (Lipinski definition) is 2. The first-order valence-electron chi connectivity index (χ1n) is 4.70. The van der Waals surface area contributed by atoms with Gasteiger partial charge in [0, 0.05) is 12.3 Å². The molecule has 0 amide bonds. The van der Waals surface area contributed by atoms with Crippen molar-refractivity contribution in [2.24, 2.45) is 5.10 Å². The molecule has 0 unspecified atom stereocenters. The number of hydrazine groups is 1. The van der Waals surface area contributed by atoms with Crippen LogP contribution in [-0.4, -0.2) is 30.9 Å². The standard InChI is InChI=1S/C10H11N3O3/c1-16-7-2-3-8(10(14)15)9(6-7)13-11-4-5-12-13/h2-4,6,12H,5H2,1H3,(H,14,15). The van der Waals surface area contributed by atoms with Crippen molar-refractivity contribution in [2.75, 3.05) is 18.8 Å². The van der Waals surface area contributed by atoms with Crippen LogP contribution in [0.3, 0.4) is 0 Å². The first kappa shape index (κ1) is 10.4. The van der Waals surface area contributed by atoms with Crippen molar-refractivity contribution in [3.8, 4) is 5.75 Å². The van der Waals surface area contributed by atoms with Crippen LogP contribution in [0.5, 0.6) is 5.75 Å². The van der Waals surface area contributed by atoms with Crippen molar-refractivity contribution < 1.29 is 14.6 Å². The van der Waals surface area contributed by atoms with Crippen LogP contribution in [0, 0.1) is 0 Å². The van der Waals surface area contributed by atoms with Gasteiger partial charge in [0.25, 0.3) is 0 Å². The van der Waals surface area contributed by atoms with Gasteiger partial charge in [-0.2, -0.15) is 10.2 Å². The molecule has 0 fully saturated rings. The summed E-state index contributed by atoms with van der Waals surface area (Å²) in [5, 5.41) is 14.5. The van der Waals surface area contributed by atoms with Gasteiger partial charge in [0.2, 0.25) is 0 Å². The maximum absolute atomic E-state index is 11.0. The molecule has 0 aromatic heterocycles. The maximum Gasteiger partial charge on any atom is 0.337 e. The van der Waals surface area contributed by atoms with E-state index in [1.165, 1.54) is 18.3 Å². The molecular weight excluding hydrogens is 210 g/mol. The highest BCUT2D eigenvalue weighted by atomic mass is 16.5. The number of methoxy groups -OCH3 is 1. The Morgan fingerprint density at radius 3 is 3.00 bits per heavy atom. The lowest BCUT2D eigenvalue weighted by Crippen LogP contribution is -2.29. The van der Waals surface area contributed by atoms with E-state index in [1.807, 2.05) is 0 Å². The van der Waals surface area contributed by atoms with E-state index in [-0.39, 0.29) is 5.56 Å². The second-order valence-electron chi connectivity index (χ2n) is 3.16. The second kappa shape index (κ2) is 4.19. The minimum Gasteiger partial charge on any atom is -0.497 e. The molecule has 1 aromatic rings. The van der Waals surface area contributed by atoms with Gasteiger partial charge in [0.05, 0.1) is 24.9 Å². The molecule has 0 aliphatic carbocycles. The molecular formula is C10H11N3O3. The van der Waals surface area contributed by atoms with Gasteiger partial charge >= 0.3 is 5.97 Å². The smallest absolute Gasteiger partial charge is 0.337 e. The van der Waals surface area contributed by atoms with Crippen LogP contribution in [0.2, 0.25) is 0 Å². The summed E-state index contributed by atoms with van der Waals surface area (Å²) in [7, 11) is 1.53. The summed E-state index contributed by atoms with van der Waals surface area (Å²) < 4.78 is 5.05. The SMILES string of the molecule is COc1ccc(C(=O)O)c(N2N=CCN2)c1. The van der Waals surface area contributed by atoms with Crippen LogP contribution in [0.25, 0.3) is 0 Å². The summed E-state index contributed by atoms with van der Waals surface area (Å²) in [5.41, 5.74) is 3.54. The monoisotopic (exact) mass is 221 g/mol. The quantitative estimate of drug-likeness (QED) is 0.786. The fourth-order valence-electron chi connectivity index (χ4n) is 1.43. The molecule has 0 atom stereocenters. The highest BCUT2D eigenvalue weighted by molar-refractivity contribution is 5.95. The molecule has 6 nitrogen and oxygen atoms in total. The number of rotatable bonds is 3. The Balaban J connectivity index is 2.45. The normalized spacial score (nSPS) is 14.2. The number of anilines is 1. The third kappa shape index (κ3) is 1.82. The van der Waals surface area contributed by atoms with E-state index in [2.05, 4.69) is 10.5 Å². The van der Waals surface area contributed by atoms with E-state index in [1.54, 1.807) is 18.3 Å². The zero-order chi connectivity index (χ0) is 11.5. The fraction of sp³-hybridized carbons (Fsp3) is 0.200. The molecule has 6 heteroatoms. The van der Waals surface area contributed by atoms with Crippen molar-refractivity contribution in [3.63, 3.8) is 0 Å². The van der Waals surface area contributed by atoms with Gasteiger partial charge in [0.1, 0.15) is 5.75 Å². The molecule has 1 aromatic carbocycles. The van der Waals surface area contributed by atoms with Crippen LogP contribution in [0.15, 0.2) is 23.3 Å². The Labute approximate surface area is 92.1 Å². The van der Waals surface area contributed by atoms with Crippen LogP contribution in [0.1, 0.15) is 10.4 Å². The van der Waals surface area contributed by atoms with Gasteiger partial charge < -0.3 is 9.84 Å². The van der Waals surface area contributed by atoms with Gasteiger partial charge in [-0.15, -0.1) is 0 Å². The summed E-state index contributed by atoms with van der Waals surface area (Å²) in [5.74, 6) is -0.412. The van der Waals surface area contributed by atoms with E-state index < -0.39 is 5.97 Å². The Bertz CT molecular complexity index is 445. The Kier molecular flexibility index (Phi) is 2.74. The highest BCUT2D eigenvalue weighted by Crippen LogP contribution is 2.26. The number of carboxylic acid groups (broad SMARTS) is 1. The minimum atomic E-state index is -0.999. The Hall–Kier alpha value is -2.08. The van der Waals surface area contributed by atoms with Crippen LogP contribution >= 0.6 is 0 Å². The molecule has 1 aliphatic rings. The molecule has 2 N–H and O–H groups in total. The summed E-state index contributed by atoms with van der Waals surface area (Å²) in [6, 6.07) is 4.72. The summed E-state index contributed by atoms with van der Waals surface area (Å²) in [6.07, 6.45) is 1.66. The van der Waals surface area contributed by atoms with Gasteiger partial charge in [0.15, 0.2) is 0 Å². The number of nitrogens with zero attached hydrogens (tertiary/aromatic N) is 2. The molecule has 2 rings (SSSR count). The number of carboxylic acids is 1. The summed E-state index contributed by atoms with van der Waals surface area (Å²) in [4.78, 5) is 11.0. The number of carbonyl (C=O) groups is 1. The number of ether oxygens (including phenoxy) is 1.